The van der Waals surface area contributed by atoms with Gasteiger partial charge < -0.3 is 4.90 Å². The quantitative estimate of drug-likeness (QED) is 0.809. The molecule has 1 spiro atoms. The predicted molar refractivity (Wildman–Crippen MR) is 94.5 cm³/mol. The minimum atomic E-state index is -3.63. The molecule has 0 radical (unpaired) electrons. The van der Waals surface area contributed by atoms with Gasteiger partial charge in [-0.1, -0.05) is 0 Å². The molecule has 1 aromatic rings. The van der Waals surface area contributed by atoms with E-state index in [0.29, 0.717) is 25.2 Å². The van der Waals surface area contributed by atoms with E-state index in [4.69, 9.17) is 0 Å². The zero-order valence-electron chi connectivity index (χ0n) is 15.5. The van der Waals surface area contributed by atoms with E-state index in [1.165, 1.54) is 8.99 Å². The molecule has 8 heteroatoms. The number of sulfonamides is 1. The van der Waals surface area contributed by atoms with Crippen molar-refractivity contribution in [2.75, 3.05) is 19.6 Å². The van der Waals surface area contributed by atoms with E-state index < -0.39 is 15.4 Å². The van der Waals surface area contributed by atoms with Crippen molar-refractivity contribution < 1.29 is 13.2 Å². The molecule has 2 fully saturated rings. The molecule has 0 aliphatic carbocycles. The maximum atomic E-state index is 13.1. The second-order valence-corrected chi connectivity index (χ2v) is 9.39. The van der Waals surface area contributed by atoms with Crippen LogP contribution >= 0.6 is 0 Å². The van der Waals surface area contributed by atoms with Gasteiger partial charge in [0.05, 0.1) is 11.1 Å². The summed E-state index contributed by atoms with van der Waals surface area (Å²) in [6.07, 6.45) is 2.31. The number of likely N-dealkylation sites (tertiary alicyclic amines) is 1. The lowest BCUT2D eigenvalue weighted by Gasteiger charge is -2.41. The van der Waals surface area contributed by atoms with E-state index in [2.05, 4.69) is 5.10 Å². The maximum Gasteiger partial charge on any atom is 0.260 e. The van der Waals surface area contributed by atoms with Gasteiger partial charge in [-0.05, 0) is 53.0 Å². The molecule has 0 aromatic carbocycles. The van der Waals surface area contributed by atoms with Crippen LogP contribution in [0.5, 0.6) is 0 Å². The average molecular weight is 369 g/mol. The van der Waals surface area contributed by atoms with Gasteiger partial charge in [-0.3, -0.25) is 9.48 Å². The molecule has 0 N–H and O–H groups in total. The van der Waals surface area contributed by atoms with Crippen LogP contribution in [0.25, 0.3) is 0 Å². The third-order valence-corrected chi connectivity index (χ3v) is 7.33. The molecule has 25 heavy (non-hydrogen) atoms. The number of aromatic nitrogens is 2. The number of nitrogens with zero attached hydrogens (tertiary/aromatic N) is 4. The Balaban J connectivity index is 1.88. The molecule has 3 rings (SSSR count). The van der Waals surface area contributed by atoms with Crippen molar-refractivity contribution in [3.8, 4) is 0 Å². The predicted octanol–water partition coefficient (Wildman–Crippen LogP) is 1.62. The first-order valence-electron chi connectivity index (χ1n) is 9.07. The fraction of sp³-hybridized carbons (Fsp3) is 0.765. The van der Waals surface area contributed by atoms with Crippen LogP contribution in [-0.2, 0) is 21.4 Å². The lowest BCUT2D eigenvalue weighted by molar-refractivity contribution is -0.147. The molecule has 2 saturated heterocycles. The van der Waals surface area contributed by atoms with Crippen molar-refractivity contribution in [1.82, 2.24) is 19.0 Å². The highest BCUT2D eigenvalue weighted by molar-refractivity contribution is 7.89. The van der Waals surface area contributed by atoms with Crippen LogP contribution < -0.4 is 0 Å². The van der Waals surface area contributed by atoms with Gasteiger partial charge in [0.2, 0.25) is 5.91 Å². The first-order valence-corrected chi connectivity index (χ1v) is 10.5. The standard InChI is InChI=1S/C17H28N4O3S/c1-5-21-15(11-14(4)18-21)25(23,24)19-10-8-17(12-19)7-6-9-20(13(2)3)16(17)22/h11,13H,5-10,12H2,1-4H3/t17-/m0/s1. The SMILES string of the molecule is CCn1nc(C)cc1S(=O)(=O)N1CC[C@@]2(CCCN(C(C)C)C2=O)C1. The van der Waals surface area contributed by atoms with Crippen LogP contribution in [0, 0.1) is 12.3 Å². The summed E-state index contributed by atoms with van der Waals surface area (Å²) in [5.74, 6) is 0.117. The monoisotopic (exact) mass is 368 g/mol. The second-order valence-electron chi connectivity index (χ2n) is 7.50. The number of rotatable bonds is 4. The topological polar surface area (TPSA) is 75.5 Å². The molecule has 7 nitrogen and oxygen atoms in total. The molecular weight excluding hydrogens is 340 g/mol. The van der Waals surface area contributed by atoms with Crippen LogP contribution in [0.4, 0.5) is 0 Å². The van der Waals surface area contributed by atoms with Crippen LogP contribution in [0.3, 0.4) is 0 Å². The molecule has 1 atom stereocenters. The summed E-state index contributed by atoms with van der Waals surface area (Å²) in [5, 5.41) is 4.49. The van der Waals surface area contributed by atoms with Gasteiger partial charge >= 0.3 is 0 Å². The van der Waals surface area contributed by atoms with Crippen molar-refractivity contribution in [2.24, 2.45) is 5.41 Å². The van der Waals surface area contributed by atoms with E-state index in [-0.39, 0.29) is 23.5 Å². The summed E-state index contributed by atoms with van der Waals surface area (Å²) >= 11 is 0. The molecule has 140 valence electrons. The van der Waals surface area contributed by atoms with Crippen LogP contribution in [0.2, 0.25) is 0 Å². The highest BCUT2D eigenvalue weighted by Gasteiger charge is 2.51. The number of aryl methyl sites for hydroxylation is 2. The highest BCUT2D eigenvalue weighted by Crippen LogP contribution is 2.42. The first-order chi connectivity index (χ1) is 11.7. The lowest BCUT2D eigenvalue weighted by Crippen LogP contribution is -2.52. The molecule has 0 bridgehead atoms. The van der Waals surface area contributed by atoms with E-state index in [0.717, 1.165) is 19.4 Å². The number of hydrogen-bond donors (Lipinski definition) is 0. The number of carbonyl (C=O) groups is 1. The Bertz CT molecular complexity index is 771. The van der Waals surface area contributed by atoms with Crippen molar-refractivity contribution in [1.29, 1.82) is 0 Å². The Morgan fingerprint density at radius 2 is 2.00 bits per heavy atom. The van der Waals surface area contributed by atoms with Gasteiger partial charge in [-0.2, -0.15) is 9.40 Å². The van der Waals surface area contributed by atoms with E-state index in [1.807, 2.05) is 25.7 Å². The summed E-state index contributed by atoms with van der Waals surface area (Å²) in [7, 11) is -3.63. The summed E-state index contributed by atoms with van der Waals surface area (Å²) in [5.41, 5.74) is 0.135. The molecule has 3 heterocycles. The Morgan fingerprint density at radius 3 is 2.64 bits per heavy atom. The van der Waals surface area contributed by atoms with E-state index in [1.54, 1.807) is 13.0 Å². The summed E-state index contributed by atoms with van der Waals surface area (Å²) in [4.78, 5) is 14.9. The molecule has 0 saturated carbocycles. The molecule has 1 amide bonds. The van der Waals surface area contributed by atoms with Gasteiger partial charge in [-0.15, -0.1) is 0 Å². The minimum Gasteiger partial charge on any atom is -0.340 e. The zero-order chi connectivity index (χ0) is 18.4. The largest absolute Gasteiger partial charge is 0.340 e. The number of piperidine rings is 1. The van der Waals surface area contributed by atoms with E-state index >= 15 is 0 Å². The first kappa shape index (κ1) is 18.4. The second kappa shape index (κ2) is 6.39. The number of amides is 1. The van der Waals surface area contributed by atoms with Crippen molar-refractivity contribution >= 4 is 15.9 Å². The Morgan fingerprint density at radius 1 is 1.28 bits per heavy atom. The Kier molecular flexibility index (Phi) is 4.70. The summed E-state index contributed by atoms with van der Waals surface area (Å²) in [6.45, 7) is 9.66. The third kappa shape index (κ3) is 2.99. The highest BCUT2D eigenvalue weighted by atomic mass is 32.2. The number of carbonyl (C=O) groups excluding carboxylic acids is 1. The summed E-state index contributed by atoms with van der Waals surface area (Å²) < 4.78 is 29.2. The fourth-order valence-electron chi connectivity index (χ4n) is 4.10. The van der Waals surface area contributed by atoms with Crippen LogP contribution in [0.1, 0.15) is 45.7 Å². The molecule has 1 aromatic heterocycles. The van der Waals surface area contributed by atoms with Crippen LogP contribution in [0.15, 0.2) is 11.1 Å². The number of hydrogen-bond acceptors (Lipinski definition) is 4. The normalized spacial score (nSPS) is 25.5. The minimum absolute atomic E-state index is 0.117. The molecule has 2 aliphatic heterocycles. The molecular formula is C17H28N4O3S. The average Bonchev–Trinajstić information content (AvgIpc) is 3.15. The molecule has 2 aliphatic rings. The van der Waals surface area contributed by atoms with Gasteiger partial charge in [0, 0.05) is 32.2 Å². The lowest BCUT2D eigenvalue weighted by atomic mass is 9.78. The maximum absolute atomic E-state index is 13.1. The fourth-order valence-corrected chi connectivity index (χ4v) is 5.87. The Hall–Kier alpha value is -1.41. The molecule has 0 unspecified atom stereocenters. The third-order valence-electron chi connectivity index (χ3n) is 5.48. The smallest absolute Gasteiger partial charge is 0.260 e. The van der Waals surface area contributed by atoms with Gasteiger partial charge in [-0.25, -0.2) is 8.42 Å². The van der Waals surface area contributed by atoms with Gasteiger partial charge in [0.15, 0.2) is 5.03 Å². The zero-order valence-corrected chi connectivity index (χ0v) is 16.3. The van der Waals surface area contributed by atoms with Crippen LogP contribution in [-0.4, -0.2) is 59.0 Å². The Labute approximate surface area is 150 Å². The summed E-state index contributed by atoms with van der Waals surface area (Å²) in [6, 6.07) is 1.77. The van der Waals surface area contributed by atoms with Gasteiger partial charge in [0.25, 0.3) is 10.0 Å². The van der Waals surface area contributed by atoms with Crippen molar-refractivity contribution in [3.05, 3.63) is 11.8 Å². The van der Waals surface area contributed by atoms with Crippen molar-refractivity contribution in [3.63, 3.8) is 0 Å². The van der Waals surface area contributed by atoms with Gasteiger partial charge in [0.1, 0.15) is 0 Å². The van der Waals surface area contributed by atoms with Crippen molar-refractivity contribution in [2.45, 2.75) is 64.6 Å². The van der Waals surface area contributed by atoms with E-state index in [9.17, 15) is 13.2 Å².